The van der Waals surface area contributed by atoms with Crippen LogP contribution >= 0.6 is 11.8 Å². The maximum absolute atomic E-state index is 11.4. The van der Waals surface area contributed by atoms with Gasteiger partial charge in [0.25, 0.3) is 11.1 Å². The average Bonchev–Trinajstić information content (AvgIpc) is 2.51. The lowest BCUT2D eigenvalue weighted by atomic mass is 10.1. The number of aryl methyl sites for hydroxylation is 2. The third kappa shape index (κ3) is 2.17. The number of rotatable bonds is 1. The zero-order valence-electron chi connectivity index (χ0n) is 9.03. The standard InChI is InChI=1S/C12H11NO2S/c1-7-3-4-8(2)9(5-7)6-10-11(14)13-12(15)16-10/h3-6H,1-2H3,(H,13,14,15)/b10-6+. The Morgan fingerprint density at radius 2 is 2.00 bits per heavy atom. The van der Waals surface area contributed by atoms with Crippen molar-refractivity contribution in [1.82, 2.24) is 5.32 Å². The Labute approximate surface area is 97.9 Å². The van der Waals surface area contributed by atoms with E-state index in [-0.39, 0.29) is 11.1 Å². The van der Waals surface area contributed by atoms with E-state index in [9.17, 15) is 9.59 Å². The van der Waals surface area contributed by atoms with Crippen LogP contribution in [0.2, 0.25) is 0 Å². The summed E-state index contributed by atoms with van der Waals surface area (Å²) < 4.78 is 0. The number of hydrogen-bond acceptors (Lipinski definition) is 3. The molecule has 3 nitrogen and oxygen atoms in total. The third-order valence-corrected chi connectivity index (χ3v) is 3.17. The molecule has 1 fully saturated rings. The molecule has 1 aliphatic heterocycles. The molecule has 0 aliphatic carbocycles. The van der Waals surface area contributed by atoms with Crippen LogP contribution in [0.4, 0.5) is 4.79 Å². The summed E-state index contributed by atoms with van der Waals surface area (Å²) in [4.78, 5) is 22.8. The number of imide groups is 1. The van der Waals surface area contributed by atoms with E-state index in [4.69, 9.17) is 0 Å². The summed E-state index contributed by atoms with van der Waals surface area (Å²) in [6.45, 7) is 3.97. The molecule has 2 amide bonds. The number of carbonyl (C=O) groups is 2. The van der Waals surface area contributed by atoms with Gasteiger partial charge in [-0.15, -0.1) is 0 Å². The molecule has 16 heavy (non-hydrogen) atoms. The first-order valence-corrected chi connectivity index (χ1v) is 5.70. The topological polar surface area (TPSA) is 46.2 Å². The second-order valence-corrected chi connectivity index (χ2v) is 4.73. The average molecular weight is 233 g/mol. The highest BCUT2D eigenvalue weighted by Crippen LogP contribution is 2.26. The lowest BCUT2D eigenvalue weighted by Gasteiger charge is -2.02. The van der Waals surface area contributed by atoms with Crippen LogP contribution in [0, 0.1) is 13.8 Å². The van der Waals surface area contributed by atoms with Gasteiger partial charge in [-0.25, -0.2) is 0 Å². The fourth-order valence-electron chi connectivity index (χ4n) is 1.48. The summed E-state index contributed by atoms with van der Waals surface area (Å²) in [6, 6.07) is 6.02. The van der Waals surface area contributed by atoms with Crippen LogP contribution in [0.25, 0.3) is 6.08 Å². The van der Waals surface area contributed by atoms with Gasteiger partial charge in [0.1, 0.15) is 0 Å². The molecule has 1 heterocycles. The summed E-state index contributed by atoms with van der Waals surface area (Å²) in [6.07, 6.45) is 1.76. The summed E-state index contributed by atoms with van der Waals surface area (Å²) >= 11 is 0.945. The first kappa shape index (κ1) is 11.0. The Balaban J connectivity index is 2.39. The zero-order chi connectivity index (χ0) is 11.7. The maximum atomic E-state index is 11.4. The minimum Gasteiger partial charge on any atom is -0.282 e. The van der Waals surface area contributed by atoms with Crippen LogP contribution in [-0.2, 0) is 4.79 Å². The van der Waals surface area contributed by atoms with Crippen molar-refractivity contribution in [2.75, 3.05) is 0 Å². The van der Waals surface area contributed by atoms with Gasteiger partial charge < -0.3 is 0 Å². The summed E-state index contributed by atoms with van der Waals surface area (Å²) in [5.41, 5.74) is 3.20. The Kier molecular flexibility index (Phi) is 2.83. The van der Waals surface area contributed by atoms with Crippen molar-refractivity contribution < 1.29 is 9.59 Å². The zero-order valence-corrected chi connectivity index (χ0v) is 9.85. The quantitative estimate of drug-likeness (QED) is 0.758. The second kappa shape index (κ2) is 4.14. The first-order chi connectivity index (χ1) is 7.56. The fraction of sp³-hybridized carbons (Fsp3) is 0.167. The van der Waals surface area contributed by atoms with Crippen LogP contribution in [0.3, 0.4) is 0 Å². The van der Waals surface area contributed by atoms with Crippen molar-refractivity contribution in [3.05, 3.63) is 39.8 Å². The highest BCUT2D eigenvalue weighted by Gasteiger charge is 2.24. The molecule has 1 N–H and O–H groups in total. The predicted octanol–water partition coefficient (Wildman–Crippen LogP) is 2.63. The van der Waals surface area contributed by atoms with E-state index in [1.54, 1.807) is 6.08 Å². The van der Waals surface area contributed by atoms with Gasteiger partial charge in [0.2, 0.25) is 0 Å². The van der Waals surface area contributed by atoms with E-state index in [0.717, 1.165) is 28.5 Å². The number of thioether (sulfide) groups is 1. The molecule has 0 bridgehead atoms. The molecule has 1 aromatic rings. The van der Waals surface area contributed by atoms with Crippen LogP contribution in [-0.4, -0.2) is 11.1 Å². The van der Waals surface area contributed by atoms with Crippen molar-refractivity contribution in [3.63, 3.8) is 0 Å². The first-order valence-electron chi connectivity index (χ1n) is 4.88. The molecule has 0 saturated carbocycles. The molecule has 1 saturated heterocycles. The molecular formula is C12H11NO2S. The smallest absolute Gasteiger partial charge is 0.282 e. The molecule has 0 radical (unpaired) electrons. The molecule has 0 spiro atoms. The molecule has 1 aromatic carbocycles. The summed E-state index contributed by atoms with van der Waals surface area (Å²) in [5.74, 6) is -0.309. The van der Waals surface area contributed by atoms with Crippen LogP contribution < -0.4 is 5.32 Å². The fourth-order valence-corrected chi connectivity index (χ4v) is 2.15. The Morgan fingerprint density at radius 1 is 1.25 bits per heavy atom. The molecule has 0 aromatic heterocycles. The monoisotopic (exact) mass is 233 g/mol. The minimum absolute atomic E-state index is 0.304. The van der Waals surface area contributed by atoms with E-state index in [2.05, 4.69) is 5.32 Å². The SMILES string of the molecule is Cc1ccc(C)c(/C=C2/SC(=O)NC2=O)c1. The molecule has 2 rings (SSSR count). The molecule has 0 atom stereocenters. The number of carbonyl (C=O) groups excluding carboxylic acids is 2. The molecular weight excluding hydrogens is 222 g/mol. The summed E-state index contributed by atoms with van der Waals surface area (Å²) in [5, 5.41) is 1.93. The van der Waals surface area contributed by atoms with Crippen molar-refractivity contribution in [2.24, 2.45) is 0 Å². The van der Waals surface area contributed by atoms with Crippen molar-refractivity contribution in [2.45, 2.75) is 13.8 Å². The van der Waals surface area contributed by atoms with Gasteiger partial charge in [-0.3, -0.25) is 14.9 Å². The molecule has 4 heteroatoms. The largest absolute Gasteiger partial charge is 0.290 e. The normalized spacial score (nSPS) is 18.0. The van der Waals surface area contributed by atoms with E-state index < -0.39 is 0 Å². The number of benzene rings is 1. The van der Waals surface area contributed by atoms with Crippen molar-refractivity contribution in [1.29, 1.82) is 0 Å². The highest BCUT2D eigenvalue weighted by molar-refractivity contribution is 8.18. The van der Waals surface area contributed by atoms with E-state index in [1.165, 1.54) is 0 Å². The van der Waals surface area contributed by atoms with Crippen LogP contribution in [0.1, 0.15) is 16.7 Å². The molecule has 1 aliphatic rings. The van der Waals surface area contributed by atoms with E-state index in [1.807, 2.05) is 32.0 Å². The van der Waals surface area contributed by atoms with Gasteiger partial charge in [-0.2, -0.15) is 0 Å². The van der Waals surface area contributed by atoms with Crippen molar-refractivity contribution >= 4 is 29.0 Å². The van der Waals surface area contributed by atoms with Gasteiger partial charge in [0.05, 0.1) is 4.91 Å². The Morgan fingerprint density at radius 3 is 2.62 bits per heavy atom. The second-order valence-electron chi connectivity index (χ2n) is 3.71. The van der Waals surface area contributed by atoms with Gasteiger partial charge in [-0.05, 0) is 42.8 Å². The third-order valence-electron chi connectivity index (χ3n) is 2.36. The maximum Gasteiger partial charge on any atom is 0.290 e. The van der Waals surface area contributed by atoms with Crippen LogP contribution in [0.15, 0.2) is 23.1 Å². The van der Waals surface area contributed by atoms with Gasteiger partial charge in [0.15, 0.2) is 0 Å². The predicted molar refractivity (Wildman–Crippen MR) is 65.0 cm³/mol. The van der Waals surface area contributed by atoms with Gasteiger partial charge >= 0.3 is 0 Å². The van der Waals surface area contributed by atoms with E-state index >= 15 is 0 Å². The van der Waals surface area contributed by atoms with E-state index in [0.29, 0.717) is 4.91 Å². The van der Waals surface area contributed by atoms with Gasteiger partial charge in [-0.1, -0.05) is 23.8 Å². The summed E-state index contributed by atoms with van der Waals surface area (Å²) in [7, 11) is 0. The van der Waals surface area contributed by atoms with Gasteiger partial charge in [0, 0.05) is 0 Å². The van der Waals surface area contributed by atoms with Crippen LogP contribution in [0.5, 0.6) is 0 Å². The van der Waals surface area contributed by atoms with Crippen molar-refractivity contribution in [3.8, 4) is 0 Å². The number of hydrogen-bond donors (Lipinski definition) is 1. The molecule has 82 valence electrons. The molecule has 0 unspecified atom stereocenters. The lowest BCUT2D eigenvalue weighted by Crippen LogP contribution is -2.17. The number of nitrogens with one attached hydrogen (secondary N) is 1. The highest BCUT2D eigenvalue weighted by atomic mass is 32.2. The number of amides is 2. The Bertz CT molecular complexity index is 506. The minimum atomic E-state index is -0.309. The Hall–Kier alpha value is -1.55. The lowest BCUT2D eigenvalue weighted by molar-refractivity contribution is -0.115.